The Morgan fingerprint density at radius 1 is 1.21 bits per heavy atom. The van der Waals surface area contributed by atoms with E-state index in [0.29, 0.717) is 6.61 Å². The highest BCUT2D eigenvalue weighted by Crippen LogP contribution is 2.19. The van der Waals surface area contributed by atoms with E-state index in [0.717, 1.165) is 16.9 Å². The zero-order valence-electron chi connectivity index (χ0n) is 10.6. The van der Waals surface area contributed by atoms with Crippen LogP contribution in [0.25, 0.3) is 0 Å². The molecule has 0 spiro atoms. The highest BCUT2D eigenvalue weighted by atomic mass is 35.5. The number of benzene rings is 2. The second kappa shape index (κ2) is 6.04. The minimum absolute atomic E-state index is 0.000545. The van der Waals surface area contributed by atoms with Gasteiger partial charge in [0.1, 0.15) is 18.2 Å². The second-order valence-electron chi connectivity index (χ2n) is 4.39. The Labute approximate surface area is 117 Å². The normalized spacial score (nSPS) is 12.2. The van der Waals surface area contributed by atoms with Gasteiger partial charge in [0.15, 0.2) is 0 Å². The summed E-state index contributed by atoms with van der Waals surface area (Å²) in [7, 11) is 0. The van der Waals surface area contributed by atoms with Crippen molar-refractivity contribution in [3.05, 3.63) is 64.4 Å². The monoisotopic (exact) mass is 279 g/mol. The molecule has 0 amide bonds. The molecule has 100 valence electrons. The summed E-state index contributed by atoms with van der Waals surface area (Å²) in [6.07, 6.45) is 0. The van der Waals surface area contributed by atoms with Crippen LogP contribution < -0.4 is 10.5 Å². The van der Waals surface area contributed by atoms with Gasteiger partial charge >= 0.3 is 0 Å². The Kier molecular flexibility index (Phi) is 4.40. The molecule has 0 aliphatic carbocycles. The minimum Gasteiger partial charge on any atom is -0.489 e. The first kappa shape index (κ1) is 13.8. The Morgan fingerprint density at radius 3 is 2.47 bits per heavy atom. The van der Waals surface area contributed by atoms with Crippen molar-refractivity contribution in [1.82, 2.24) is 0 Å². The molecule has 0 fully saturated rings. The number of rotatable bonds is 4. The van der Waals surface area contributed by atoms with Gasteiger partial charge in [-0.15, -0.1) is 0 Å². The number of ether oxygens (including phenoxy) is 1. The summed E-state index contributed by atoms with van der Waals surface area (Å²) in [5.74, 6) is 0.287. The Hall–Kier alpha value is -1.58. The predicted octanol–water partition coefficient (Wildman–Crippen LogP) is 4.08. The molecule has 1 atom stereocenters. The summed E-state index contributed by atoms with van der Waals surface area (Å²) in [5.41, 5.74) is 7.55. The molecule has 0 aliphatic rings. The number of halogens is 2. The van der Waals surface area contributed by atoms with E-state index in [1.165, 1.54) is 12.1 Å². The molecule has 2 rings (SSSR count). The first-order valence-electron chi connectivity index (χ1n) is 5.98. The Morgan fingerprint density at radius 2 is 1.89 bits per heavy atom. The summed E-state index contributed by atoms with van der Waals surface area (Å²) < 4.78 is 18.8. The van der Waals surface area contributed by atoms with Gasteiger partial charge in [-0.3, -0.25) is 0 Å². The van der Waals surface area contributed by atoms with Gasteiger partial charge in [-0.05, 0) is 42.3 Å². The topological polar surface area (TPSA) is 35.2 Å². The van der Waals surface area contributed by atoms with Crippen LogP contribution in [0, 0.1) is 5.82 Å². The first-order valence-corrected chi connectivity index (χ1v) is 6.36. The van der Waals surface area contributed by atoms with Crippen molar-refractivity contribution in [2.24, 2.45) is 5.73 Å². The number of hydrogen-bond donors (Lipinski definition) is 1. The van der Waals surface area contributed by atoms with Gasteiger partial charge in [-0.25, -0.2) is 4.39 Å². The van der Waals surface area contributed by atoms with E-state index in [1.807, 2.05) is 31.2 Å². The van der Waals surface area contributed by atoms with Crippen molar-refractivity contribution in [3.63, 3.8) is 0 Å². The Bertz CT molecular complexity index is 555. The van der Waals surface area contributed by atoms with E-state index in [1.54, 1.807) is 6.07 Å². The summed E-state index contributed by atoms with van der Waals surface area (Å²) in [6, 6.07) is 12.2. The van der Waals surface area contributed by atoms with Gasteiger partial charge in [0.25, 0.3) is 0 Å². The zero-order chi connectivity index (χ0) is 13.8. The van der Waals surface area contributed by atoms with E-state index in [9.17, 15) is 4.39 Å². The van der Waals surface area contributed by atoms with Crippen LogP contribution in [-0.4, -0.2) is 0 Å². The summed E-state index contributed by atoms with van der Waals surface area (Å²) in [6.45, 7) is 2.22. The smallest absolute Gasteiger partial charge is 0.142 e. The fourth-order valence-corrected chi connectivity index (χ4v) is 1.78. The lowest BCUT2D eigenvalue weighted by Crippen LogP contribution is -2.04. The lowest BCUT2D eigenvalue weighted by Gasteiger charge is -2.09. The van der Waals surface area contributed by atoms with Crippen LogP contribution in [0.1, 0.15) is 24.1 Å². The molecule has 2 aromatic carbocycles. The average molecular weight is 280 g/mol. The highest BCUT2D eigenvalue weighted by Gasteiger charge is 2.03. The van der Waals surface area contributed by atoms with Crippen LogP contribution in [0.3, 0.4) is 0 Å². The van der Waals surface area contributed by atoms with Crippen LogP contribution in [0.5, 0.6) is 5.75 Å². The van der Waals surface area contributed by atoms with Gasteiger partial charge in [-0.2, -0.15) is 0 Å². The second-order valence-corrected chi connectivity index (χ2v) is 4.80. The van der Waals surface area contributed by atoms with Gasteiger partial charge in [0, 0.05) is 6.04 Å². The van der Waals surface area contributed by atoms with Crippen molar-refractivity contribution < 1.29 is 9.13 Å². The molecule has 0 saturated carbocycles. The molecule has 0 aromatic heterocycles. The predicted molar refractivity (Wildman–Crippen MR) is 74.8 cm³/mol. The molecule has 0 bridgehead atoms. The zero-order valence-corrected chi connectivity index (χ0v) is 11.3. The fourth-order valence-electron chi connectivity index (χ4n) is 1.66. The van der Waals surface area contributed by atoms with E-state index in [2.05, 4.69) is 0 Å². The van der Waals surface area contributed by atoms with Crippen LogP contribution in [0.15, 0.2) is 42.5 Å². The Balaban J connectivity index is 2.00. The van der Waals surface area contributed by atoms with E-state index < -0.39 is 5.82 Å². The van der Waals surface area contributed by atoms with E-state index in [4.69, 9.17) is 22.1 Å². The van der Waals surface area contributed by atoms with Gasteiger partial charge in [0.05, 0.1) is 5.02 Å². The maximum Gasteiger partial charge on any atom is 0.142 e. The van der Waals surface area contributed by atoms with E-state index in [-0.39, 0.29) is 11.1 Å². The van der Waals surface area contributed by atoms with Gasteiger partial charge in [0.2, 0.25) is 0 Å². The third kappa shape index (κ3) is 3.69. The number of hydrogen-bond acceptors (Lipinski definition) is 2. The fraction of sp³-hybridized carbons (Fsp3) is 0.200. The molecular formula is C15H15ClFNO. The molecule has 2 N–H and O–H groups in total. The summed E-state index contributed by atoms with van der Waals surface area (Å²) >= 11 is 5.62. The molecule has 0 heterocycles. The average Bonchev–Trinajstić information content (AvgIpc) is 2.40. The lowest BCUT2D eigenvalue weighted by molar-refractivity contribution is 0.305. The summed E-state index contributed by atoms with van der Waals surface area (Å²) in [5, 5.41) is 0.116. The lowest BCUT2D eigenvalue weighted by atomic mass is 10.1. The van der Waals surface area contributed by atoms with Crippen LogP contribution >= 0.6 is 11.6 Å². The maximum absolute atomic E-state index is 13.2. The SMILES string of the molecule is CC(N)c1ccc(OCc2ccc(Cl)c(F)c2)cc1. The molecule has 0 saturated heterocycles. The van der Waals surface area contributed by atoms with Crippen molar-refractivity contribution >= 4 is 11.6 Å². The molecule has 2 nitrogen and oxygen atoms in total. The van der Waals surface area contributed by atoms with Crippen molar-refractivity contribution in [1.29, 1.82) is 0 Å². The molecule has 2 aromatic rings. The molecule has 1 unspecified atom stereocenters. The molecule has 4 heteroatoms. The standard InChI is InChI=1S/C15H15ClFNO/c1-10(18)12-3-5-13(6-4-12)19-9-11-2-7-14(16)15(17)8-11/h2-8,10H,9,18H2,1H3. The van der Waals surface area contributed by atoms with Crippen molar-refractivity contribution in [2.75, 3.05) is 0 Å². The summed E-state index contributed by atoms with van der Waals surface area (Å²) in [4.78, 5) is 0. The van der Waals surface area contributed by atoms with Gasteiger partial charge in [-0.1, -0.05) is 29.8 Å². The highest BCUT2D eigenvalue weighted by molar-refractivity contribution is 6.30. The maximum atomic E-state index is 13.2. The van der Waals surface area contributed by atoms with Crippen LogP contribution in [0.4, 0.5) is 4.39 Å². The molecule has 0 radical (unpaired) electrons. The quantitative estimate of drug-likeness (QED) is 0.915. The molecule has 19 heavy (non-hydrogen) atoms. The first-order chi connectivity index (χ1) is 9.06. The van der Waals surface area contributed by atoms with Crippen LogP contribution in [-0.2, 0) is 6.61 Å². The van der Waals surface area contributed by atoms with Crippen molar-refractivity contribution in [2.45, 2.75) is 19.6 Å². The third-order valence-electron chi connectivity index (χ3n) is 2.80. The van der Waals surface area contributed by atoms with Crippen LogP contribution in [0.2, 0.25) is 5.02 Å². The largest absolute Gasteiger partial charge is 0.489 e. The van der Waals surface area contributed by atoms with Gasteiger partial charge < -0.3 is 10.5 Å². The number of nitrogens with two attached hydrogens (primary N) is 1. The van der Waals surface area contributed by atoms with E-state index >= 15 is 0 Å². The minimum atomic E-state index is -0.435. The molecular weight excluding hydrogens is 265 g/mol. The van der Waals surface area contributed by atoms with Crippen molar-refractivity contribution in [3.8, 4) is 5.75 Å². The third-order valence-corrected chi connectivity index (χ3v) is 3.10. The molecule has 0 aliphatic heterocycles.